The molecule has 1 N–H and O–H groups in total. The molecule has 1 spiro atoms. The minimum atomic E-state index is -3.00. The number of hydrogen-bond acceptors (Lipinski definition) is 4. The molecule has 1 amide bonds. The van der Waals surface area contributed by atoms with Crippen LogP contribution in [-0.2, 0) is 14.6 Å². The van der Waals surface area contributed by atoms with Crippen molar-refractivity contribution in [2.24, 2.45) is 5.92 Å². The first kappa shape index (κ1) is 15.3. The van der Waals surface area contributed by atoms with Crippen LogP contribution in [-0.4, -0.2) is 48.5 Å². The molecule has 3 fully saturated rings. The third-order valence-electron chi connectivity index (χ3n) is 5.38. The molecule has 0 bridgehead atoms. The summed E-state index contributed by atoms with van der Waals surface area (Å²) in [6, 6.07) is 0. The molecular weight excluding hydrogens is 288 g/mol. The van der Waals surface area contributed by atoms with Crippen LogP contribution in [0.1, 0.15) is 52.4 Å². The van der Waals surface area contributed by atoms with E-state index in [1.54, 1.807) is 0 Å². The van der Waals surface area contributed by atoms with E-state index in [2.05, 4.69) is 19.2 Å². The Balaban J connectivity index is 1.83. The predicted molar refractivity (Wildman–Crippen MR) is 81.5 cm³/mol. The zero-order valence-corrected chi connectivity index (χ0v) is 13.8. The standard InChI is InChI=1S/C15H26N2O3S/c1-11(2)13-16-15(7-3-4-8-15)14(18)17(13)10-12-6-5-9-21(12,19)20/h11-13,16H,3-10H2,1-2H3. The third kappa shape index (κ3) is 2.50. The first-order valence-electron chi connectivity index (χ1n) is 8.16. The van der Waals surface area contributed by atoms with E-state index < -0.39 is 15.4 Å². The van der Waals surface area contributed by atoms with E-state index in [0.717, 1.165) is 32.1 Å². The van der Waals surface area contributed by atoms with Gasteiger partial charge in [-0.3, -0.25) is 10.1 Å². The van der Waals surface area contributed by atoms with Crippen molar-refractivity contribution >= 4 is 15.7 Å². The summed E-state index contributed by atoms with van der Waals surface area (Å²) in [5.41, 5.74) is -0.405. The summed E-state index contributed by atoms with van der Waals surface area (Å²) < 4.78 is 24.2. The Morgan fingerprint density at radius 1 is 1.29 bits per heavy atom. The Bertz CT molecular complexity index is 523. The number of carbonyl (C=O) groups excluding carboxylic acids is 1. The molecule has 1 saturated carbocycles. The Labute approximate surface area is 127 Å². The van der Waals surface area contributed by atoms with Crippen molar-refractivity contribution in [1.29, 1.82) is 0 Å². The fourth-order valence-corrected chi connectivity index (χ4v) is 5.98. The van der Waals surface area contributed by atoms with Gasteiger partial charge in [-0.1, -0.05) is 26.7 Å². The average molecular weight is 314 g/mol. The monoisotopic (exact) mass is 314 g/mol. The van der Waals surface area contributed by atoms with E-state index in [1.165, 1.54) is 0 Å². The zero-order valence-electron chi connectivity index (χ0n) is 13.0. The fourth-order valence-electron chi connectivity index (χ4n) is 4.17. The van der Waals surface area contributed by atoms with Crippen LogP contribution in [0, 0.1) is 5.92 Å². The van der Waals surface area contributed by atoms with E-state index in [-0.39, 0.29) is 29.0 Å². The molecule has 0 aromatic heterocycles. The molecule has 2 atom stereocenters. The van der Waals surface area contributed by atoms with Gasteiger partial charge in [-0.15, -0.1) is 0 Å². The molecule has 2 unspecified atom stereocenters. The molecule has 21 heavy (non-hydrogen) atoms. The van der Waals surface area contributed by atoms with Gasteiger partial charge in [-0.25, -0.2) is 8.42 Å². The highest BCUT2D eigenvalue weighted by Gasteiger charge is 2.53. The number of nitrogens with zero attached hydrogens (tertiary/aromatic N) is 1. The summed E-state index contributed by atoms with van der Waals surface area (Å²) in [7, 11) is -3.00. The van der Waals surface area contributed by atoms with Crippen molar-refractivity contribution in [3.63, 3.8) is 0 Å². The van der Waals surface area contributed by atoms with Crippen molar-refractivity contribution in [2.45, 2.75) is 69.3 Å². The van der Waals surface area contributed by atoms with Crippen LogP contribution in [0.25, 0.3) is 0 Å². The lowest BCUT2D eigenvalue weighted by Crippen LogP contribution is -2.46. The minimum Gasteiger partial charge on any atom is -0.324 e. The Morgan fingerprint density at radius 2 is 1.95 bits per heavy atom. The summed E-state index contributed by atoms with van der Waals surface area (Å²) in [6.45, 7) is 4.56. The summed E-state index contributed by atoms with van der Waals surface area (Å²) in [4.78, 5) is 14.7. The van der Waals surface area contributed by atoms with Crippen molar-refractivity contribution in [2.75, 3.05) is 12.3 Å². The van der Waals surface area contributed by atoms with Crippen LogP contribution >= 0.6 is 0 Å². The molecule has 5 nitrogen and oxygen atoms in total. The maximum atomic E-state index is 12.9. The van der Waals surface area contributed by atoms with Gasteiger partial charge in [0, 0.05) is 6.54 Å². The number of nitrogens with one attached hydrogen (secondary N) is 1. The zero-order chi connectivity index (χ0) is 15.3. The molecule has 3 aliphatic rings. The smallest absolute Gasteiger partial charge is 0.244 e. The second-order valence-corrected chi connectivity index (χ2v) is 9.61. The van der Waals surface area contributed by atoms with E-state index in [1.807, 2.05) is 4.90 Å². The molecule has 1 aliphatic carbocycles. The van der Waals surface area contributed by atoms with Crippen LogP contribution in [0.2, 0.25) is 0 Å². The van der Waals surface area contributed by atoms with Crippen molar-refractivity contribution in [3.05, 3.63) is 0 Å². The lowest BCUT2D eigenvalue weighted by Gasteiger charge is -2.29. The van der Waals surface area contributed by atoms with E-state index in [9.17, 15) is 13.2 Å². The normalized spacial score (nSPS) is 34.4. The maximum Gasteiger partial charge on any atom is 0.244 e. The minimum absolute atomic E-state index is 0.0219. The fraction of sp³-hybridized carbons (Fsp3) is 0.933. The SMILES string of the molecule is CC(C)C1NC2(CCCC2)C(=O)N1CC1CCCS1(=O)=O. The van der Waals surface area contributed by atoms with Gasteiger partial charge in [0.2, 0.25) is 5.91 Å². The molecule has 2 saturated heterocycles. The van der Waals surface area contributed by atoms with E-state index >= 15 is 0 Å². The summed E-state index contributed by atoms with van der Waals surface area (Å²) >= 11 is 0. The lowest BCUT2D eigenvalue weighted by atomic mass is 9.98. The molecule has 0 aromatic carbocycles. The highest BCUT2D eigenvalue weighted by molar-refractivity contribution is 7.92. The summed E-state index contributed by atoms with van der Waals surface area (Å²) in [6.07, 6.45) is 5.36. The van der Waals surface area contributed by atoms with Crippen molar-refractivity contribution in [3.8, 4) is 0 Å². The van der Waals surface area contributed by atoms with E-state index in [0.29, 0.717) is 13.0 Å². The van der Waals surface area contributed by atoms with Crippen LogP contribution in [0.4, 0.5) is 0 Å². The number of carbonyl (C=O) groups is 1. The third-order valence-corrected chi connectivity index (χ3v) is 7.64. The van der Waals surface area contributed by atoms with Gasteiger partial charge >= 0.3 is 0 Å². The number of sulfone groups is 1. The van der Waals surface area contributed by atoms with Gasteiger partial charge in [0.05, 0.1) is 22.7 Å². The average Bonchev–Trinajstić information content (AvgIpc) is 3.06. The van der Waals surface area contributed by atoms with Crippen LogP contribution in [0.15, 0.2) is 0 Å². The van der Waals surface area contributed by atoms with Crippen LogP contribution < -0.4 is 5.32 Å². The van der Waals surface area contributed by atoms with Gasteiger partial charge in [0.15, 0.2) is 9.84 Å². The largest absolute Gasteiger partial charge is 0.324 e. The van der Waals surface area contributed by atoms with Gasteiger partial charge in [-0.2, -0.15) is 0 Å². The summed E-state index contributed by atoms with van der Waals surface area (Å²) in [5.74, 6) is 0.712. The van der Waals surface area contributed by atoms with Crippen molar-refractivity contribution in [1.82, 2.24) is 10.2 Å². The molecule has 3 rings (SSSR count). The van der Waals surface area contributed by atoms with Gasteiger partial charge in [0.1, 0.15) is 0 Å². The second-order valence-electron chi connectivity index (χ2n) is 7.21. The highest BCUT2D eigenvalue weighted by atomic mass is 32.2. The Kier molecular flexibility index (Phi) is 3.81. The number of hydrogen-bond donors (Lipinski definition) is 1. The second kappa shape index (κ2) is 5.23. The van der Waals surface area contributed by atoms with Gasteiger partial charge < -0.3 is 4.90 Å². The molecule has 120 valence electrons. The maximum absolute atomic E-state index is 12.9. The molecule has 0 aromatic rings. The van der Waals surface area contributed by atoms with Crippen LogP contribution in [0.3, 0.4) is 0 Å². The lowest BCUT2D eigenvalue weighted by molar-refractivity contribution is -0.133. The molecular formula is C15H26N2O3S. The molecule has 6 heteroatoms. The first-order chi connectivity index (χ1) is 9.86. The molecule has 2 aliphatic heterocycles. The Hall–Kier alpha value is -0.620. The van der Waals surface area contributed by atoms with Crippen LogP contribution in [0.5, 0.6) is 0 Å². The van der Waals surface area contributed by atoms with Gasteiger partial charge in [-0.05, 0) is 31.6 Å². The van der Waals surface area contributed by atoms with E-state index in [4.69, 9.17) is 0 Å². The first-order valence-corrected chi connectivity index (χ1v) is 9.88. The molecule has 0 radical (unpaired) electrons. The highest BCUT2D eigenvalue weighted by Crippen LogP contribution is 2.38. The predicted octanol–water partition coefficient (Wildman–Crippen LogP) is 1.29. The summed E-state index contributed by atoms with van der Waals surface area (Å²) in [5, 5.41) is 3.19. The van der Waals surface area contributed by atoms with Gasteiger partial charge in [0.25, 0.3) is 0 Å². The quantitative estimate of drug-likeness (QED) is 0.852. The number of rotatable bonds is 3. The Morgan fingerprint density at radius 3 is 2.48 bits per heavy atom. The topological polar surface area (TPSA) is 66.5 Å². The number of amides is 1. The molecule has 2 heterocycles. The van der Waals surface area contributed by atoms with Crippen molar-refractivity contribution < 1.29 is 13.2 Å².